The van der Waals surface area contributed by atoms with Gasteiger partial charge in [0.1, 0.15) is 6.67 Å². The molecular formula is C23H24N3. The molecule has 0 aliphatic carbocycles. The van der Waals surface area contributed by atoms with Crippen LogP contribution in [0.4, 0.5) is 17.1 Å². The van der Waals surface area contributed by atoms with Crippen molar-refractivity contribution in [2.45, 2.75) is 12.5 Å². The maximum atomic E-state index is 3.30. The van der Waals surface area contributed by atoms with E-state index in [-0.39, 0.29) is 0 Å². The molecule has 3 aromatic rings. The van der Waals surface area contributed by atoms with Crippen LogP contribution >= 0.6 is 0 Å². The fraction of sp³-hybridized carbons (Fsp3) is 0.174. The van der Waals surface area contributed by atoms with Crippen LogP contribution in [0.2, 0.25) is 0 Å². The van der Waals surface area contributed by atoms with Gasteiger partial charge >= 0.3 is 0 Å². The third kappa shape index (κ3) is 3.18. The van der Waals surface area contributed by atoms with Crippen molar-refractivity contribution in [3.63, 3.8) is 0 Å². The minimum absolute atomic E-state index is 0.290. The number of para-hydroxylation sites is 3. The fourth-order valence-corrected chi connectivity index (χ4v) is 3.60. The molecule has 0 bridgehead atoms. The van der Waals surface area contributed by atoms with Crippen LogP contribution in [0.3, 0.4) is 0 Å². The molecular weight excluding hydrogens is 318 g/mol. The van der Waals surface area contributed by atoms with Crippen LogP contribution in [0, 0.1) is 6.67 Å². The molecule has 3 nitrogen and oxygen atoms in total. The minimum atomic E-state index is 0.290. The summed E-state index contributed by atoms with van der Waals surface area (Å²) in [6.45, 7) is 3.21. The normalized spacial score (nSPS) is 14.3. The summed E-state index contributed by atoms with van der Waals surface area (Å²) < 4.78 is 0. The van der Waals surface area contributed by atoms with Crippen molar-refractivity contribution in [1.82, 2.24) is 5.32 Å². The lowest BCUT2D eigenvalue weighted by Crippen LogP contribution is -2.29. The molecule has 1 radical (unpaired) electrons. The van der Waals surface area contributed by atoms with Crippen molar-refractivity contribution in [2.24, 2.45) is 0 Å². The first kappa shape index (κ1) is 16.7. The Hall–Kier alpha value is -2.78. The van der Waals surface area contributed by atoms with E-state index in [1.54, 1.807) is 0 Å². The molecule has 131 valence electrons. The lowest BCUT2D eigenvalue weighted by atomic mass is 10.0. The number of hydrogen-bond donors (Lipinski definition) is 1. The highest BCUT2D eigenvalue weighted by Gasteiger charge is 2.32. The number of benzene rings is 3. The number of nitrogens with one attached hydrogen (secondary N) is 1. The van der Waals surface area contributed by atoms with Crippen molar-refractivity contribution < 1.29 is 0 Å². The third-order valence-corrected chi connectivity index (χ3v) is 4.88. The second-order valence-electron chi connectivity index (χ2n) is 6.54. The van der Waals surface area contributed by atoms with Gasteiger partial charge in [0.15, 0.2) is 0 Å². The number of rotatable bonds is 6. The van der Waals surface area contributed by atoms with E-state index in [9.17, 15) is 0 Å². The highest BCUT2D eigenvalue weighted by Crippen LogP contribution is 2.46. The molecule has 0 saturated carbocycles. The van der Waals surface area contributed by atoms with Crippen LogP contribution in [0.25, 0.3) is 0 Å². The fourth-order valence-electron chi connectivity index (χ4n) is 3.60. The molecule has 0 fully saturated rings. The van der Waals surface area contributed by atoms with E-state index in [0.717, 1.165) is 13.0 Å². The molecule has 1 aliphatic heterocycles. The Bertz CT molecular complexity index is 832. The van der Waals surface area contributed by atoms with E-state index in [0.29, 0.717) is 6.04 Å². The predicted octanol–water partition coefficient (Wildman–Crippen LogP) is 5.11. The lowest BCUT2D eigenvalue weighted by Gasteiger charge is -2.30. The highest BCUT2D eigenvalue weighted by molar-refractivity contribution is 5.85. The zero-order chi connectivity index (χ0) is 17.8. The number of hydrogen-bond acceptors (Lipinski definition) is 3. The van der Waals surface area contributed by atoms with Gasteiger partial charge in [-0.2, -0.15) is 0 Å². The molecule has 4 rings (SSSR count). The SMILES string of the molecule is CNCC[C@@H](c1ccccc1)N1[CH]N(c2ccccc2)c2ccccc21. The first-order valence-corrected chi connectivity index (χ1v) is 9.14. The van der Waals surface area contributed by atoms with Crippen LogP contribution in [0.5, 0.6) is 0 Å². The van der Waals surface area contributed by atoms with Crippen LogP contribution in [-0.2, 0) is 0 Å². The first-order chi connectivity index (χ1) is 12.9. The van der Waals surface area contributed by atoms with Crippen LogP contribution in [-0.4, -0.2) is 13.6 Å². The van der Waals surface area contributed by atoms with Gasteiger partial charge in [-0.3, -0.25) is 0 Å². The summed E-state index contributed by atoms with van der Waals surface area (Å²) >= 11 is 0. The van der Waals surface area contributed by atoms with Gasteiger partial charge in [-0.15, -0.1) is 0 Å². The van der Waals surface area contributed by atoms with E-state index in [1.807, 2.05) is 7.05 Å². The van der Waals surface area contributed by atoms with Crippen molar-refractivity contribution in [3.05, 3.63) is 97.2 Å². The zero-order valence-corrected chi connectivity index (χ0v) is 15.0. The predicted molar refractivity (Wildman–Crippen MR) is 110 cm³/mol. The molecule has 0 spiro atoms. The van der Waals surface area contributed by atoms with Gasteiger partial charge in [0.2, 0.25) is 0 Å². The van der Waals surface area contributed by atoms with Crippen molar-refractivity contribution in [1.29, 1.82) is 0 Å². The van der Waals surface area contributed by atoms with Crippen LogP contribution in [0.15, 0.2) is 84.9 Å². The summed E-state index contributed by atoms with van der Waals surface area (Å²) in [5.74, 6) is 0. The van der Waals surface area contributed by atoms with E-state index in [2.05, 4.69) is 107 Å². The van der Waals surface area contributed by atoms with E-state index in [1.165, 1.54) is 22.6 Å². The average molecular weight is 342 g/mol. The van der Waals surface area contributed by atoms with E-state index < -0.39 is 0 Å². The lowest BCUT2D eigenvalue weighted by molar-refractivity contribution is 0.589. The number of fused-ring (bicyclic) bond motifs is 1. The number of anilines is 3. The Kier molecular flexibility index (Phi) is 4.89. The smallest absolute Gasteiger partial charge is 0.147 e. The Morgan fingerprint density at radius 3 is 2.08 bits per heavy atom. The summed E-state index contributed by atoms with van der Waals surface area (Å²) in [5, 5.41) is 3.30. The van der Waals surface area contributed by atoms with Gasteiger partial charge in [0.25, 0.3) is 0 Å². The molecule has 1 heterocycles. The van der Waals surface area contributed by atoms with Gasteiger partial charge in [0, 0.05) is 5.69 Å². The standard InChI is InChI=1S/C23H24N3/c1-24-17-16-21(19-10-4-2-5-11-19)26-18-25(20-12-6-3-7-13-20)22-14-8-9-15-23(22)26/h2-15,18,21,24H,16-17H2,1H3/t21-/m0/s1. The summed E-state index contributed by atoms with van der Waals surface area (Å²) in [6, 6.07) is 30.2. The molecule has 3 heteroatoms. The van der Waals surface area contributed by atoms with E-state index in [4.69, 9.17) is 0 Å². The Balaban J connectivity index is 1.73. The van der Waals surface area contributed by atoms with Crippen LogP contribution < -0.4 is 15.1 Å². The maximum absolute atomic E-state index is 3.30. The van der Waals surface area contributed by atoms with E-state index >= 15 is 0 Å². The molecule has 0 saturated heterocycles. The summed E-state index contributed by atoms with van der Waals surface area (Å²) in [4.78, 5) is 4.69. The number of nitrogens with zero attached hydrogens (tertiary/aromatic N) is 2. The quantitative estimate of drug-likeness (QED) is 0.671. The van der Waals surface area contributed by atoms with Gasteiger partial charge in [0.05, 0.1) is 17.4 Å². The molecule has 1 atom stereocenters. The van der Waals surface area contributed by atoms with Crippen molar-refractivity contribution >= 4 is 17.1 Å². The molecule has 0 unspecified atom stereocenters. The van der Waals surface area contributed by atoms with Crippen molar-refractivity contribution in [2.75, 3.05) is 23.4 Å². The van der Waals surface area contributed by atoms with Gasteiger partial charge in [-0.05, 0) is 49.8 Å². The molecule has 0 amide bonds. The van der Waals surface area contributed by atoms with Crippen LogP contribution in [0.1, 0.15) is 18.0 Å². The molecule has 3 aromatic carbocycles. The Morgan fingerprint density at radius 1 is 0.769 bits per heavy atom. The molecule has 0 aromatic heterocycles. The van der Waals surface area contributed by atoms with Crippen molar-refractivity contribution in [3.8, 4) is 0 Å². The summed E-state index contributed by atoms with van der Waals surface area (Å²) in [6.07, 6.45) is 1.04. The molecule has 1 aliphatic rings. The zero-order valence-electron chi connectivity index (χ0n) is 15.0. The maximum Gasteiger partial charge on any atom is 0.147 e. The topological polar surface area (TPSA) is 18.5 Å². The largest absolute Gasteiger partial charge is 0.339 e. The third-order valence-electron chi connectivity index (χ3n) is 4.88. The second kappa shape index (κ2) is 7.63. The first-order valence-electron chi connectivity index (χ1n) is 9.14. The van der Waals surface area contributed by atoms with Gasteiger partial charge in [-0.25, -0.2) is 0 Å². The monoisotopic (exact) mass is 342 g/mol. The Morgan fingerprint density at radius 2 is 1.38 bits per heavy atom. The summed E-state index contributed by atoms with van der Waals surface area (Å²) in [5.41, 5.74) is 5.00. The van der Waals surface area contributed by atoms with Gasteiger partial charge < -0.3 is 15.1 Å². The Labute approximate surface area is 155 Å². The van der Waals surface area contributed by atoms with Gasteiger partial charge in [-0.1, -0.05) is 60.7 Å². The second-order valence-corrected chi connectivity index (χ2v) is 6.54. The molecule has 1 N–H and O–H groups in total. The summed E-state index contributed by atoms with van der Waals surface area (Å²) in [7, 11) is 2.01. The molecule has 26 heavy (non-hydrogen) atoms. The highest BCUT2D eigenvalue weighted by atomic mass is 15.4. The minimum Gasteiger partial charge on any atom is -0.339 e. The average Bonchev–Trinajstić information content (AvgIpc) is 3.10.